The first-order valence-electron chi connectivity index (χ1n) is 7.67. The Kier molecular flexibility index (Phi) is 3.86. The van der Waals surface area contributed by atoms with E-state index in [9.17, 15) is 20.1 Å². The van der Waals surface area contributed by atoms with E-state index < -0.39 is 17.6 Å². The van der Waals surface area contributed by atoms with E-state index in [0.717, 1.165) is 18.4 Å². The van der Waals surface area contributed by atoms with Crippen LogP contribution in [0.15, 0.2) is 18.2 Å². The molecule has 0 bridgehead atoms. The van der Waals surface area contributed by atoms with E-state index in [4.69, 9.17) is 4.74 Å². The second-order valence-electron chi connectivity index (χ2n) is 6.09. The summed E-state index contributed by atoms with van der Waals surface area (Å²) in [5.41, 5.74) is 1.13. The lowest BCUT2D eigenvalue weighted by atomic mass is 9.92. The monoisotopic (exact) mass is 324 g/mol. The second-order valence-corrected chi connectivity index (χ2v) is 6.09. The minimum atomic E-state index is -0.553. The number of cyclic esters (lactones) is 1. The van der Waals surface area contributed by atoms with E-state index in [1.165, 1.54) is 11.8 Å². The molecule has 2 fully saturated rings. The van der Waals surface area contributed by atoms with Gasteiger partial charge in [0.05, 0.1) is 36.2 Å². The molecule has 1 heterocycles. The number of ether oxygens (including phenoxy) is 1. The lowest BCUT2D eigenvalue weighted by molar-refractivity contribution is -0.119. The fourth-order valence-electron chi connectivity index (χ4n) is 2.87. The molecular weight excluding hydrogens is 308 g/mol. The number of nitriles is 2. The number of hydrogen-bond donors (Lipinski definition) is 1. The van der Waals surface area contributed by atoms with Gasteiger partial charge in [-0.25, -0.2) is 4.79 Å². The molecule has 1 aliphatic carbocycles. The standard InChI is InChI=1S/C17H16N4O3/c1-11(22)20-8-14-9-21(16(23)24-14)13-2-3-15(12(6-13)7-18)17(10-19)4-5-17/h2-3,6,14H,4-5,8-9H2,1H3,(H,20,22)/t14-/m0/s1. The highest BCUT2D eigenvalue weighted by Gasteiger charge is 2.46. The molecule has 122 valence electrons. The summed E-state index contributed by atoms with van der Waals surface area (Å²) in [5.74, 6) is -0.188. The molecule has 1 N–H and O–H groups in total. The fraction of sp³-hybridized carbons (Fsp3) is 0.412. The fourth-order valence-corrected chi connectivity index (χ4v) is 2.87. The van der Waals surface area contributed by atoms with Crippen LogP contribution in [-0.2, 0) is 14.9 Å². The molecule has 0 aromatic heterocycles. The number of nitrogens with zero attached hydrogens (tertiary/aromatic N) is 3. The van der Waals surface area contributed by atoms with Crippen LogP contribution in [0, 0.1) is 22.7 Å². The van der Waals surface area contributed by atoms with Gasteiger partial charge in [0.2, 0.25) is 5.91 Å². The number of hydrogen-bond acceptors (Lipinski definition) is 5. The minimum absolute atomic E-state index is 0.188. The Balaban J connectivity index is 1.81. The molecule has 3 rings (SSSR count). The number of carbonyl (C=O) groups excluding carboxylic acids is 2. The maximum atomic E-state index is 12.0. The van der Waals surface area contributed by atoms with Crippen LogP contribution in [0.1, 0.15) is 30.9 Å². The number of anilines is 1. The van der Waals surface area contributed by atoms with Crippen LogP contribution >= 0.6 is 0 Å². The van der Waals surface area contributed by atoms with Crippen LogP contribution < -0.4 is 10.2 Å². The maximum absolute atomic E-state index is 12.0. The van der Waals surface area contributed by atoms with Crippen molar-refractivity contribution in [2.45, 2.75) is 31.3 Å². The van der Waals surface area contributed by atoms with Gasteiger partial charge in [0.25, 0.3) is 0 Å². The summed E-state index contributed by atoms with van der Waals surface area (Å²) in [6.07, 6.45) is 0.563. The number of benzene rings is 1. The van der Waals surface area contributed by atoms with Gasteiger partial charge in [-0.1, -0.05) is 6.07 Å². The van der Waals surface area contributed by atoms with Gasteiger partial charge in [0.15, 0.2) is 0 Å². The Bertz CT molecular complexity index is 786. The average Bonchev–Trinajstić information content (AvgIpc) is 3.29. The lowest BCUT2D eigenvalue weighted by Gasteiger charge is -2.16. The molecule has 1 atom stereocenters. The molecule has 2 amide bonds. The summed E-state index contributed by atoms with van der Waals surface area (Å²) in [6, 6.07) is 9.50. The SMILES string of the molecule is CC(=O)NC[C@H]1CN(c2ccc(C3(C#N)CC3)c(C#N)c2)C(=O)O1. The Labute approximate surface area is 139 Å². The largest absolute Gasteiger partial charge is 0.442 e. The molecule has 24 heavy (non-hydrogen) atoms. The van der Waals surface area contributed by atoms with Crippen molar-refractivity contribution in [3.05, 3.63) is 29.3 Å². The van der Waals surface area contributed by atoms with E-state index in [1.54, 1.807) is 18.2 Å². The molecule has 0 unspecified atom stereocenters. The van der Waals surface area contributed by atoms with Gasteiger partial charge in [-0.2, -0.15) is 10.5 Å². The molecule has 1 saturated carbocycles. The summed E-state index contributed by atoms with van der Waals surface area (Å²) in [5, 5.41) is 21.3. The number of amides is 2. The van der Waals surface area contributed by atoms with Crippen molar-refractivity contribution in [2.75, 3.05) is 18.0 Å². The van der Waals surface area contributed by atoms with Gasteiger partial charge in [-0.15, -0.1) is 0 Å². The molecule has 1 saturated heterocycles. The van der Waals surface area contributed by atoms with Gasteiger partial charge < -0.3 is 10.1 Å². The highest BCUT2D eigenvalue weighted by atomic mass is 16.6. The third-order valence-electron chi connectivity index (χ3n) is 4.37. The molecule has 1 aliphatic heterocycles. The van der Waals surface area contributed by atoms with Crippen molar-refractivity contribution in [3.63, 3.8) is 0 Å². The Morgan fingerprint density at radius 2 is 2.21 bits per heavy atom. The van der Waals surface area contributed by atoms with Crippen molar-refractivity contribution < 1.29 is 14.3 Å². The Morgan fingerprint density at radius 1 is 1.46 bits per heavy atom. The molecule has 1 aromatic rings. The molecule has 1 aromatic carbocycles. The third-order valence-corrected chi connectivity index (χ3v) is 4.37. The predicted molar refractivity (Wildman–Crippen MR) is 84.0 cm³/mol. The lowest BCUT2D eigenvalue weighted by Crippen LogP contribution is -2.33. The van der Waals surface area contributed by atoms with Crippen molar-refractivity contribution in [3.8, 4) is 12.1 Å². The zero-order valence-corrected chi connectivity index (χ0v) is 13.2. The van der Waals surface area contributed by atoms with E-state index in [-0.39, 0.29) is 12.5 Å². The van der Waals surface area contributed by atoms with E-state index >= 15 is 0 Å². The number of rotatable bonds is 4. The van der Waals surface area contributed by atoms with Gasteiger partial charge in [0, 0.05) is 12.6 Å². The topological polar surface area (TPSA) is 106 Å². The van der Waals surface area contributed by atoms with Gasteiger partial charge in [0.1, 0.15) is 6.10 Å². The van der Waals surface area contributed by atoms with E-state index in [1.807, 2.05) is 0 Å². The van der Waals surface area contributed by atoms with Crippen molar-refractivity contribution >= 4 is 17.7 Å². The normalized spacial score (nSPS) is 20.7. The third kappa shape index (κ3) is 2.77. The maximum Gasteiger partial charge on any atom is 0.414 e. The van der Waals surface area contributed by atoms with Crippen LogP contribution in [0.25, 0.3) is 0 Å². The first-order valence-corrected chi connectivity index (χ1v) is 7.67. The summed E-state index contributed by atoms with van der Waals surface area (Å²) in [6.45, 7) is 1.94. The van der Waals surface area contributed by atoms with Crippen molar-refractivity contribution in [1.82, 2.24) is 5.32 Å². The first kappa shape index (κ1) is 15.8. The predicted octanol–water partition coefficient (Wildman–Crippen LogP) is 1.57. The molecule has 2 aliphatic rings. The highest BCUT2D eigenvalue weighted by molar-refractivity contribution is 5.90. The number of carbonyl (C=O) groups is 2. The summed E-state index contributed by atoms with van der Waals surface area (Å²) in [4.78, 5) is 24.4. The molecule has 7 heteroatoms. The van der Waals surface area contributed by atoms with Crippen LogP contribution in [0.3, 0.4) is 0 Å². The number of nitrogens with one attached hydrogen (secondary N) is 1. The zero-order chi connectivity index (χ0) is 17.3. The van der Waals surface area contributed by atoms with Gasteiger partial charge >= 0.3 is 6.09 Å². The van der Waals surface area contributed by atoms with Gasteiger partial charge in [-0.3, -0.25) is 9.69 Å². The van der Waals surface area contributed by atoms with Crippen molar-refractivity contribution in [1.29, 1.82) is 10.5 Å². The molecule has 7 nitrogen and oxygen atoms in total. The molecule has 0 spiro atoms. The Morgan fingerprint density at radius 3 is 2.79 bits per heavy atom. The van der Waals surface area contributed by atoms with Crippen LogP contribution in [-0.4, -0.2) is 31.2 Å². The van der Waals surface area contributed by atoms with E-state index in [0.29, 0.717) is 17.8 Å². The van der Waals surface area contributed by atoms with Crippen LogP contribution in [0.2, 0.25) is 0 Å². The zero-order valence-electron chi connectivity index (χ0n) is 13.2. The summed E-state index contributed by atoms with van der Waals surface area (Å²) in [7, 11) is 0. The van der Waals surface area contributed by atoms with Crippen LogP contribution in [0.4, 0.5) is 10.5 Å². The van der Waals surface area contributed by atoms with Crippen LogP contribution in [0.5, 0.6) is 0 Å². The summed E-state index contributed by atoms with van der Waals surface area (Å²) < 4.78 is 5.22. The molecular formula is C17H16N4O3. The quantitative estimate of drug-likeness (QED) is 0.905. The molecule has 0 radical (unpaired) electrons. The smallest absolute Gasteiger partial charge is 0.414 e. The minimum Gasteiger partial charge on any atom is -0.442 e. The average molecular weight is 324 g/mol. The highest BCUT2D eigenvalue weighted by Crippen LogP contribution is 2.49. The van der Waals surface area contributed by atoms with Gasteiger partial charge in [-0.05, 0) is 30.5 Å². The Hall–Kier alpha value is -3.06. The first-order chi connectivity index (χ1) is 11.5. The van der Waals surface area contributed by atoms with E-state index in [2.05, 4.69) is 17.5 Å². The summed E-state index contributed by atoms with van der Waals surface area (Å²) >= 11 is 0. The van der Waals surface area contributed by atoms with Crippen molar-refractivity contribution in [2.24, 2.45) is 0 Å². The second kappa shape index (κ2) is 5.86.